The van der Waals surface area contributed by atoms with Crippen LogP contribution in [-0.2, 0) is 25.9 Å². The number of rotatable bonds is 7. The molecule has 5 atom stereocenters. The number of hydrogen-bond acceptors (Lipinski definition) is 5. The summed E-state index contributed by atoms with van der Waals surface area (Å²) in [6, 6.07) is 13.4. The summed E-state index contributed by atoms with van der Waals surface area (Å²) in [7, 11) is -0.377. The maximum atomic E-state index is 13.2. The van der Waals surface area contributed by atoms with Crippen molar-refractivity contribution in [2.75, 3.05) is 20.8 Å². The van der Waals surface area contributed by atoms with Crippen molar-refractivity contribution in [1.82, 2.24) is 0 Å². The van der Waals surface area contributed by atoms with Gasteiger partial charge in [-0.1, -0.05) is 30.7 Å². The van der Waals surface area contributed by atoms with Crippen LogP contribution in [0.25, 0.3) is 0 Å². The Morgan fingerprint density at radius 1 is 1.05 bits per heavy atom. The van der Waals surface area contributed by atoms with Crippen LogP contribution in [0.5, 0.6) is 5.75 Å². The van der Waals surface area contributed by atoms with Crippen LogP contribution in [0.1, 0.15) is 75.0 Å². The van der Waals surface area contributed by atoms with Gasteiger partial charge in [-0.2, -0.15) is 8.42 Å². The van der Waals surface area contributed by atoms with Crippen molar-refractivity contribution >= 4 is 15.9 Å². The Labute approximate surface area is 227 Å². The SMILES string of the molecule is CCOC(C[C@]1(OC)CC[C@H]2[C@@H]3CCc4cc(OC)ccc4[C@H]3CC[C@@]21C)=NS(=O)(=O)c1ccc(C)cc1. The number of ether oxygens (including phenoxy) is 3. The van der Waals surface area contributed by atoms with Gasteiger partial charge in [0.05, 0.1) is 30.6 Å². The van der Waals surface area contributed by atoms with Crippen LogP contribution < -0.4 is 4.74 Å². The van der Waals surface area contributed by atoms with Crippen LogP contribution in [0, 0.1) is 24.2 Å². The first kappa shape index (κ1) is 27.2. The summed E-state index contributed by atoms with van der Waals surface area (Å²) >= 11 is 0. The van der Waals surface area contributed by atoms with E-state index in [0.717, 1.165) is 43.4 Å². The third-order valence-electron chi connectivity index (χ3n) is 9.90. The highest BCUT2D eigenvalue weighted by atomic mass is 32.2. The van der Waals surface area contributed by atoms with Crippen molar-refractivity contribution < 1.29 is 22.6 Å². The topological polar surface area (TPSA) is 74.2 Å². The van der Waals surface area contributed by atoms with Crippen molar-refractivity contribution in [1.29, 1.82) is 0 Å². The lowest BCUT2D eigenvalue weighted by Gasteiger charge is -2.54. The van der Waals surface area contributed by atoms with Gasteiger partial charge in [0.1, 0.15) is 5.75 Å². The first-order valence-corrected chi connectivity index (χ1v) is 15.4. The molecule has 3 aliphatic carbocycles. The van der Waals surface area contributed by atoms with Crippen LogP contribution in [0.2, 0.25) is 0 Å². The van der Waals surface area contributed by atoms with Crippen LogP contribution in [0.4, 0.5) is 0 Å². The molecule has 0 heterocycles. The Morgan fingerprint density at radius 3 is 2.50 bits per heavy atom. The lowest BCUT2D eigenvalue weighted by atomic mass is 9.53. The van der Waals surface area contributed by atoms with Crippen molar-refractivity contribution in [3.05, 3.63) is 59.2 Å². The highest BCUT2D eigenvalue weighted by Gasteiger charge is 2.62. The number of fused-ring (bicyclic) bond motifs is 5. The standard InChI is InChI=1S/C31H41NO5S/c1-6-37-29(32-38(33,34)24-11-7-21(2)8-12-24)20-31(36-5)18-16-28-27-13-9-22-19-23(35-4)10-14-25(22)26(27)15-17-30(28,31)3/h7-8,10-12,14,19,26-28H,6,9,13,15-18,20H2,1-5H3/t26-,27-,28+,30+,31-/m1/s1. The minimum atomic E-state index is -3.89. The second-order valence-corrected chi connectivity index (χ2v) is 13.2. The Morgan fingerprint density at radius 2 is 1.82 bits per heavy atom. The Balaban J connectivity index is 1.44. The molecule has 2 fully saturated rings. The van der Waals surface area contributed by atoms with Gasteiger partial charge < -0.3 is 14.2 Å². The summed E-state index contributed by atoms with van der Waals surface area (Å²) in [6.07, 6.45) is 6.68. The van der Waals surface area contributed by atoms with E-state index in [0.29, 0.717) is 30.8 Å². The van der Waals surface area contributed by atoms with Crippen LogP contribution >= 0.6 is 0 Å². The molecular weight excluding hydrogens is 498 g/mol. The number of nitrogens with zero attached hydrogens (tertiary/aromatic N) is 1. The fourth-order valence-electron chi connectivity index (χ4n) is 7.89. The van der Waals surface area contributed by atoms with Gasteiger partial charge >= 0.3 is 0 Å². The van der Waals surface area contributed by atoms with Crippen molar-refractivity contribution in [3.8, 4) is 5.75 Å². The highest BCUT2D eigenvalue weighted by molar-refractivity contribution is 7.90. The van der Waals surface area contributed by atoms with Crippen LogP contribution in [0.3, 0.4) is 0 Å². The molecular formula is C31H41NO5S. The fourth-order valence-corrected chi connectivity index (χ4v) is 8.86. The van der Waals surface area contributed by atoms with Crippen molar-refractivity contribution in [2.24, 2.45) is 21.6 Å². The molecule has 5 rings (SSSR count). The molecule has 0 bridgehead atoms. The predicted molar refractivity (Wildman–Crippen MR) is 149 cm³/mol. The number of methoxy groups -OCH3 is 2. The maximum Gasteiger partial charge on any atom is 0.285 e. The van der Waals surface area contributed by atoms with E-state index in [1.807, 2.05) is 13.8 Å². The molecule has 0 aliphatic heterocycles. The van der Waals surface area contributed by atoms with Gasteiger partial charge in [0.25, 0.3) is 10.0 Å². The third kappa shape index (κ3) is 4.56. The molecule has 0 spiro atoms. The van der Waals surface area contributed by atoms with E-state index >= 15 is 0 Å². The van der Waals surface area contributed by atoms with Gasteiger partial charge in [-0.25, -0.2) is 0 Å². The zero-order chi connectivity index (χ0) is 27.1. The van der Waals surface area contributed by atoms with Gasteiger partial charge in [-0.3, -0.25) is 0 Å². The minimum Gasteiger partial charge on any atom is -0.497 e. The van der Waals surface area contributed by atoms with Gasteiger partial charge in [0.2, 0.25) is 5.90 Å². The molecule has 0 radical (unpaired) electrons. The summed E-state index contributed by atoms with van der Waals surface area (Å²) in [6.45, 7) is 6.52. The molecule has 2 aromatic carbocycles. The lowest BCUT2D eigenvalue weighted by molar-refractivity contribution is -0.123. The van der Waals surface area contributed by atoms with E-state index in [9.17, 15) is 8.42 Å². The molecule has 206 valence electrons. The van der Waals surface area contributed by atoms with Crippen molar-refractivity contribution in [2.45, 2.75) is 82.1 Å². The maximum absolute atomic E-state index is 13.2. The second-order valence-electron chi connectivity index (χ2n) is 11.6. The van der Waals surface area contributed by atoms with Gasteiger partial charge in [-0.15, -0.1) is 4.40 Å². The molecule has 0 saturated heterocycles. The van der Waals surface area contributed by atoms with E-state index < -0.39 is 15.6 Å². The summed E-state index contributed by atoms with van der Waals surface area (Å²) in [5.41, 5.74) is 3.32. The zero-order valence-electron chi connectivity index (χ0n) is 23.3. The van der Waals surface area contributed by atoms with E-state index in [-0.39, 0.29) is 16.2 Å². The van der Waals surface area contributed by atoms with E-state index in [4.69, 9.17) is 14.2 Å². The highest BCUT2D eigenvalue weighted by Crippen LogP contribution is 2.66. The Hall–Kier alpha value is -2.38. The number of benzene rings is 2. The molecule has 2 saturated carbocycles. The molecule has 0 N–H and O–H groups in total. The second kappa shape index (κ2) is 10.3. The zero-order valence-corrected chi connectivity index (χ0v) is 24.1. The summed E-state index contributed by atoms with van der Waals surface area (Å²) in [5.74, 6) is 2.84. The largest absolute Gasteiger partial charge is 0.497 e. The molecule has 0 amide bonds. The monoisotopic (exact) mass is 539 g/mol. The van der Waals surface area contributed by atoms with Gasteiger partial charge in [0.15, 0.2) is 0 Å². The summed E-state index contributed by atoms with van der Waals surface area (Å²) < 4.78 is 48.4. The molecule has 3 aliphatic rings. The predicted octanol–water partition coefficient (Wildman–Crippen LogP) is 6.46. The van der Waals surface area contributed by atoms with Gasteiger partial charge in [-0.05, 0) is 106 Å². The van der Waals surface area contributed by atoms with E-state index in [1.54, 1.807) is 38.5 Å². The molecule has 0 aromatic heterocycles. The smallest absolute Gasteiger partial charge is 0.285 e. The molecule has 38 heavy (non-hydrogen) atoms. The number of aryl methyl sites for hydroxylation is 2. The minimum absolute atomic E-state index is 0.0849. The summed E-state index contributed by atoms with van der Waals surface area (Å²) in [4.78, 5) is 0.181. The first-order chi connectivity index (χ1) is 18.2. The molecule has 0 unspecified atom stereocenters. The van der Waals surface area contributed by atoms with Crippen LogP contribution in [0.15, 0.2) is 51.8 Å². The van der Waals surface area contributed by atoms with E-state index in [2.05, 4.69) is 29.5 Å². The third-order valence-corrected chi connectivity index (χ3v) is 11.2. The Bertz CT molecular complexity index is 1300. The molecule has 6 nitrogen and oxygen atoms in total. The fraction of sp³-hybridized carbons (Fsp3) is 0.581. The summed E-state index contributed by atoms with van der Waals surface area (Å²) in [5, 5.41) is 0. The normalized spacial score (nSPS) is 30.8. The van der Waals surface area contributed by atoms with E-state index in [1.165, 1.54) is 17.5 Å². The molecule has 7 heteroatoms. The van der Waals surface area contributed by atoms with Crippen molar-refractivity contribution in [3.63, 3.8) is 0 Å². The number of sulfonamides is 1. The quantitative estimate of drug-likeness (QED) is 0.298. The number of hydrogen-bond donors (Lipinski definition) is 0. The van der Waals surface area contributed by atoms with Crippen LogP contribution in [-0.4, -0.2) is 40.7 Å². The average Bonchev–Trinajstić information content (AvgIpc) is 3.20. The Kier molecular flexibility index (Phi) is 7.38. The average molecular weight is 540 g/mol. The first-order valence-electron chi connectivity index (χ1n) is 13.9. The molecule has 2 aromatic rings. The lowest BCUT2D eigenvalue weighted by Crippen LogP contribution is -2.53. The van der Waals surface area contributed by atoms with Gasteiger partial charge in [0, 0.05) is 12.5 Å².